The molecule has 1 aromatic rings. The molecular weight excluding hydrogens is 483 g/mol. The number of hydrogen-bond acceptors (Lipinski definition) is 3. The Bertz CT molecular complexity index is 774. The fourth-order valence-corrected chi connectivity index (χ4v) is 2.90. The predicted molar refractivity (Wildman–Crippen MR) is 93.4 cm³/mol. The number of rotatable bonds is 10. The standard InChI is InChI=1S/C19H20F11NO2/c1-33-14(32)4-2-3-11-5-7-12(8-6-11)13(31)9-10-15(20,21)17(23,24)16(22,18(25,26)27)19(28,29)30/h5-8,13H,2-4,9-10,31H2,1H3. The molecule has 1 rings (SSSR count). The lowest BCUT2D eigenvalue weighted by atomic mass is 9.87. The molecule has 1 atom stereocenters. The van der Waals surface area contributed by atoms with Gasteiger partial charge < -0.3 is 10.5 Å². The fraction of sp³-hybridized carbons (Fsp3) is 0.632. The minimum absolute atomic E-state index is 0.0731. The largest absolute Gasteiger partial charge is 0.469 e. The van der Waals surface area contributed by atoms with Crippen LogP contribution in [0.15, 0.2) is 24.3 Å². The first-order valence-electron chi connectivity index (χ1n) is 9.31. The smallest absolute Gasteiger partial charge is 0.438 e. The Balaban J connectivity index is 2.92. The van der Waals surface area contributed by atoms with Crippen LogP contribution in [0.25, 0.3) is 0 Å². The van der Waals surface area contributed by atoms with Crippen LogP contribution in [0.1, 0.15) is 42.9 Å². The second-order valence-corrected chi connectivity index (χ2v) is 7.25. The van der Waals surface area contributed by atoms with Crippen molar-refractivity contribution in [2.75, 3.05) is 7.11 Å². The van der Waals surface area contributed by atoms with Gasteiger partial charge in [-0.05, 0) is 30.4 Å². The number of hydrogen-bond donors (Lipinski definition) is 1. The highest BCUT2D eigenvalue weighted by atomic mass is 19.4. The molecule has 0 amide bonds. The molecule has 0 heterocycles. The molecule has 0 spiro atoms. The lowest BCUT2D eigenvalue weighted by molar-refractivity contribution is -0.427. The minimum Gasteiger partial charge on any atom is -0.469 e. The van der Waals surface area contributed by atoms with Gasteiger partial charge in [0.05, 0.1) is 7.11 Å². The lowest BCUT2D eigenvalue weighted by Crippen LogP contribution is -2.70. The van der Waals surface area contributed by atoms with Crippen molar-refractivity contribution in [2.45, 2.75) is 68.0 Å². The number of esters is 1. The summed E-state index contributed by atoms with van der Waals surface area (Å²) >= 11 is 0. The Hall–Kier alpha value is -2.12. The number of halogens is 11. The van der Waals surface area contributed by atoms with E-state index < -0.39 is 54.7 Å². The Labute approximate surface area is 181 Å². The highest BCUT2D eigenvalue weighted by Crippen LogP contribution is 2.60. The molecule has 0 radical (unpaired) electrons. The van der Waals surface area contributed by atoms with Crippen molar-refractivity contribution >= 4 is 5.97 Å². The maximum absolute atomic E-state index is 13.8. The Morgan fingerprint density at radius 1 is 0.909 bits per heavy atom. The van der Waals surface area contributed by atoms with Crippen molar-refractivity contribution in [1.82, 2.24) is 0 Å². The molecule has 0 saturated heterocycles. The van der Waals surface area contributed by atoms with Gasteiger partial charge in [-0.2, -0.15) is 43.9 Å². The summed E-state index contributed by atoms with van der Waals surface area (Å²) in [7, 11) is 1.21. The molecule has 0 saturated carbocycles. The number of alkyl halides is 11. The van der Waals surface area contributed by atoms with Gasteiger partial charge in [0.15, 0.2) is 0 Å². The van der Waals surface area contributed by atoms with Crippen LogP contribution in [-0.2, 0) is 16.0 Å². The molecule has 1 aromatic carbocycles. The SMILES string of the molecule is COC(=O)CCCc1ccc(C(N)CCC(F)(F)C(F)(F)C(F)(C(F)(F)F)C(F)(F)F)cc1. The van der Waals surface area contributed by atoms with E-state index in [2.05, 4.69) is 4.74 Å². The average Bonchev–Trinajstić information content (AvgIpc) is 2.69. The van der Waals surface area contributed by atoms with E-state index in [1.807, 2.05) is 0 Å². The molecule has 14 heteroatoms. The van der Waals surface area contributed by atoms with Gasteiger partial charge in [-0.3, -0.25) is 4.79 Å². The van der Waals surface area contributed by atoms with E-state index in [9.17, 15) is 53.1 Å². The first-order valence-corrected chi connectivity index (χ1v) is 9.31. The van der Waals surface area contributed by atoms with Gasteiger partial charge in [-0.15, -0.1) is 0 Å². The van der Waals surface area contributed by atoms with Crippen LogP contribution in [-0.4, -0.2) is 42.9 Å². The zero-order valence-corrected chi connectivity index (χ0v) is 17.0. The lowest BCUT2D eigenvalue weighted by Gasteiger charge is -2.39. The summed E-state index contributed by atoms with van der Waals surface area (Å²) in [6.07, 6.45) is -17.2. The maximum Gasteiger partial charge on any atom is 0.438 e. The molecule has 33 heavy (non-hydrogen) atoms. The van der Waals surface area contributed by atoms with E-state index in [4.69, 9.17) is 5.73 Å². The molecule has 190 valence electrons. The maximum atomic E-state index is 13.8. The van der Waals surface area contributed by atoms with E-state index in [1.165, 1.54) is 31.4 Å². The predicted octanol–water partition coefficient (Wildman–Crippen LogP) is 6.07. The zero-order valence-electron chi connectivity index (χ0n) is 17.0. The van der Waals surface area contributed by atoms with E-state index in [0.717, 1.165) is 0 Å². The van der Waals surface area contributed by atoms with Crippen molar-refractivity contribution in [3.63, 3.8) is 0 Å². The van der Waals surface area contributed by atoms with Crippen LogP contribution in [0.3, 0.4) is 0 Å². The number of aryl methyl sites for hydroxylation is 1. The number of nitrogens with two attached hydrogens (primary N) is 1. The first kappa shape index (κ1) is 28.9. The van der Waals surface area contributed by atoms with Gasteiger partial charge in [0, 0.05) is 18.9 Å². The molecule has 2 N–H and O–H groups in total. The highest BCUT2D eigenvalue weighted by Gasteiger charge is 2.89. The summed E-state index contributed by atoms with van der Waals surface area (Å²) in [4.78, 5) is 11.0. The van der Waals surface area contributed by atoms with E-state index in [1.54, 1.807) is 0 Å². The van der Waals surface area contributed by atoms with E-state index in [-0.39, 0.29) is 12.0 Å². The third-order valence-corrected chi connectivity index (χ3v) is 4.92. The minimum atomic E-state index is -7.47. The molecule has 3 nitrogen and oxygen atoms in total. The topological polar surface area (TPSA) is 52.3 Å². The Morgan fingerprint density at radius 2 is 1.39 bits per heavy atom. The third kappa shape index (κ3) is 6.07. The van der Waals surface area contributed by atoms with Crippen molar-refractivity contribution in [3.8, 4) is 0 Å². The van der Waals surface area contributed by atoms with Gasteiger partial charge in [0.2, 0.25) is 0 Å². The van der Waals surface area contributed by atoms with Crippen LogP contribution >= 0.6 is 0 Å². The second kappa shape index (κ2) is 10.0. The molecular formula is C19H20F11NO2. The van der Waals surface area contributed by atoms with Crippen LogP contribution < -0.4 is 5.73 Å². The number of carbonyl (C=O) groups excluding carboxylic acids is 1. The number of ether oxygens (including phenoxy) is 1. The summed E-state index contributed by atoms with van der Waals surface area (Å²) in [5, 5.41) is 0. The summed E-state index contributed by atoms with van der Waals surface area (Å²) in [5.74, 6) is -13.6. The molecule has 0 bridgehead atoms. The molecule has 0 aliphatic heterocycles. The summed E-state index contributed by atoms with van der Waals surface area (Å²) in [6.45, 7) is 0. The van der Waals surface area contributed by atoms with Crippen LogP contribution in [0.5, 0.6) is 0 Å². The molecule has 0 aliphatic rings. The average molecular weight is 503 g/mol. The van der Waals surface area contributed by atoms with Gasteiger partial charge in [-0.25, -0.2) is 4.39 Å². The van der Waals surface area contributed by atoms with Gasteiger partial charge in [0.1, 0.15) is 0 Å². The molecule has 0 aliphatic carbocycles. The molecule has 0 fully saturated rings. The summed E-state index contributed by atoms with van der Waals surface area (Å²) < 4.78 is 148. The highest BCUT2D eigenvalue weighted by molar-refractivity contribution is 5.69. The zero-order chi connectivity index (χ0) is 25.9. The Kier molecular flexibility index (Phi) is 8.78. The summed E-state index contributed by atoms with van der Waals surface area (Å²) in [6, 6.07) is 4.03. The van der Waals surface area contributed by atoms with E-state index >= 15 is 0 Å². The number of carbonyl (C=O) groups is 1. The third-order valence-electron chi connectivity index (χ3n) is 4.92. The van der Waals surface area contributed by atoms with Crippen molar-refractivity contribution in [2.24, 2.45) is 5.73 Å². The van der Waals surface area contributed by atoms with Crippen LogP contribution in [0.4, 0.5) is 48.3 Å². The molecule has 0 aromatic heterocycles. The van der Waals surface area contributed by atoms with Gasteiger partial charge >= 0.3 is 35.8 Å². The van der Waals surface area contributed by atoms with Crippen LogP contribution in [0.2, 0.25) is 0 Å². The van der Waals surface area contributed by atoms with Crippen LogP contribution in [0, 0.1) is 0 Å². The first-order chi connectivity index (χ1) is 14.8. The molecule has 1 unspecified atom stereocenters. The monoisotopic (exact) mass is 503 g/mol. The fourth-order valence-electron chi connectivity index (χ4n) is 2.90. The number of methoxy groups -OCH3 is 1. The van der Waals surface area contributed by atoms with Crippen molar-refractivity contribution in [1.29, 1.82) is 0 Å². The van der Waals surface area contributed by atoms with Gasteiger partial charge in [-0.1, -0.05) is 24.3 Å². The Morgan fingerprint density at radius 3 is 1.82 bits per heavy atom. The van der Waals surface area contributed by atoms with Crippen molar-refractivity contribution < 1.29 is 57.8 Å². The van der Waals surface area contributed by atoms with Gasteiger partial charge in [0.25, 0.3) is 0 Å². The van der Waals surface area contributed by atoms with Crippen molar-refractivity contribution in [3.05, 3.63) is 35.4 Å². The normalized spacial score (nSPS) is 14.8. The van der Waals surface area contributed by atoms with E-state index in [0.29, 0.717) is 18.4 Å². The number of benzene rings is 1. The second-order valence-electron chi connectivity index (χ2n) is 7.25. The quantitative estimate of drug-likeness (QED) is 0.312. The summed E-state index contributed by atoms with van der Waals surface area (Å²) in [5.41, 5.74) is -1.17.